The van der Waals surface area contributed by atoms with Crippen molar-refractivity contribution in [1.29, 1.82) is 0 Å². The summed E-state index contributed by atoms with van der Waals surface area (Å²) in [5.74, 6) is 0.0442. The number of carbonyl (C=O) groups is 1. The third-order valence-electron chi connectivity index (χ3n) is 2.80. The minimum absolute atomic E-state index is 0.0259. The van der Waals surface area contributed by atoms with Crippen LogP contribution in [0.1, 0.15) is 14.9 Å². The molecule has 2 aromatic carbocycles. The van der Waals surface area contributed by atoms with Crippen LogP contribution in [0.25, 0.3) is 11.3 Å². The van der Waals surface area contributed by atoms with Crippen LogP contribution in [0.5, 0.6) is 0 Å². The Bertz CT molecular complexity index is 689. The first-order valence-electron chi connectivity index (χ1n) is 5.95. The van der Waals surface area contributed by atoms with Crippen LogP contribution in [-0.4, -0.2) is 25.3 Å². The van der Waals surface area contributed by atoms with E-state index in [9.17, 15) is 4.79 Å². The average molecular weight is 312 g/mol. The van der Waals surface area contributed by atoms with Crippen molar-refractivity contribution in [2.45, 2.75) is 0 Å². The van der Waals surface area contributed by atoms with E-state index in [1.807, 2.05) is 60.7 Å². The van der Waals surface area contributed by atoms with E-state index in [1.54, 1.807) is 0 Å². The molecule has 0 atom stereocenters. The Hall–Kier alpha value is -1.96. The zero-order chi connectivity index (χ0) is 13.1. The summed E-state index contributed by atoms with van der Waals surface area (Å²) in [6.07, 6.45) is 0. The van der Waals surface area contributed by atoms with Crippen molar-refractivity contribution >= 4 is 20.3 Å². The molecule has 0 amide bonds. The zero-order valence-electron chi connectivity index (χ0n) is 10.1. The van der Waals surface area contributed by atoms with E-state index in [-0.39, 0.29) is 20.3 Å². The molecule has 92 valence electrons. The van der Waals surface area contributed by atoms with Crippen LogP contribution < -0.4 is 0 Å². The summed E-state index contributed by atoms with van der Waals surface area (Å²) >= 11 is 0.0259. The Morgan fingerprint density at radius 1 is 0.895 bits per heavy atom. The van der Waals surface area contributed by atoms with Gasteiger partial charge in [0.1, 0.15) is 0 Å². The maximum absolute atomic E-state index is 12.3. The number of ketones is 1. The van der Waals surface area contributed by atoms with Gasteiger partial charge in [0, 0.05) is 0 Å². The summed E-state index contributed by atoms with van der Waals surface area (Å²) in [4.78, 5) is 18.8. The number of benzene rings is 2. The minimum atomic E-state index is 0.0259. The molecule has 0 bridgehead atoms. The molecule has 0 spiro atoms. The summed E-state index contributed by atoms with van der Waals surface area (Å²) in [6.45, 7) is 0. The first-order valence-corrected chi connectivity index (χ1v) is 7.80. The van der Waals surface area contributed by atoms with Gasteiger partial charge in [-0.2, -0.15) is 0 Å². The zero-order valence-corrected chi connectivity index (χ0v) is 11.8. The molecule has 1 aromatic heterocycles. The molecule has 0 aliphatic rings. The van der Waals surface area contributed by atoms with E-state index in [1.165, 1.54) is 0 Å². The molecule has 0 unspecified atom stereocenters. The predicted octanol–water partition coefficient (Wildman–Crippen LogP) is 3.04. The van der Waals surface area contributed by atoms with Crippen molar-refractivity contribution in [2.24, 2.45) is 0 Å². The summed E-state index contributed by atoms with van der Waals surface area (Å²) in [5.41, 5.74) is 2.70. The van der Waals surface area contributed by atoms with Gasteiger partial charge in [-0.15, -0.1) is 0 Å². The Balaban J connectivity index is 1.92. The monoisotopic (exact) mass is 313 g/mol. The van der Waals surface area contributed by atoms with Crippen LogP contribution in [-0.2, 0) is 0 Å². The van der Waals surface area contributed by atoms with Crippen LogP contribution in [0.2, 0.25) is 0 Å². The molecule has 0 radical (unpaired) electrons. The number of nitrogens with zero attached hydrogens (tertiary/aromatic N) is 1. The Kier molecular flexibility index (Phi) is 3.41. The first-order chi connectivity index (χ1) is 9.34. The molecule has 3 rings (SSSR count). The normalized spacial score (nSPS) is 10.3. The van der Waals surface area contributed by atoms with E-state index in [4.69, 9.17) is 0 Å². The third kappa shape index (κ3) is 2.57. The second-order valence-electron chi connectivity index (χ2n) is 4.10. The van der Waals surface area contributed by atoms with E-state index in [0.29, 0.717) is 10.1 Å². The summed E-state index contributed by atoms with van der Waals surface area (Å²) in [5, 5.41) is 0. The summed E-state index contributed by atoms with van der Waals surface area (Å²) in [7, 11) is 0. The van der Waals surface area contributed by atoms with Crippen molar-refractivity contribution in [3.63, 3.8) is 0 Å². The number of rotatable bonds is 3. The van der Waals surface area contributed by atoms with Crippen molar-refractivity contribution in [3.8, 4) is 11.3 Å². The predicted molar refractivity (Wildman–Crippen MR) is 76.5 cm³/mol. The molecule has 0 N–H and O–H groups in total. The number of hydrogen-bond acceptors (Lipinski definition) is 2. The van der Waals surface area contributed by atoms with Crippen molar-refractivity contribution in [2.75, 3.05) is 0 Å². The number of aromatic nitrogens is 1. The van der Waals surface area contributed by atoms with Crippen LogP contribution in [0.4, 0.5) is 0 Å². The molecule has 0 fully saturated rings. The quantitative estimate of drug-likeness (QED) is 0.550. The van der Waals surface area contributed by atoms with Crippen LogP contribution in [0, 0.1) is 0 Å². The van der Waals surface area contributed by atoms with Gasteiger partial charge in [0.15, 0.2) is 0 Å². The Morgan fingerprint density at radius 2 is 1.53 bits per heavy atom. The summed E-state index contributed by atoms with van der Waals surface area (Å²) < 4.78 is 0.678. The van der Waals surface area contributed by atoms with Gasteiger partial charge in [-0.25, -0.2) is 0 Å². The van der Waals surface area contributed by atoms with Gasteiger partial charge in [0.05, 0.1) is 0 Å². The fraction of sp³-hybridized carbons (Fsp3) is 0. The Labute approximate surface area is 117 Å². The fourth-order valence-electron chi connectivity index (χ4n) is 1.83. The third-order valence-corrected chi connectivity index (χ3v) is 4.57. The SMILES string of the molecule is O=C(c1ccccc1)c1nc(-c2ccccc2)c[se]1. The van der Waals surface area contributed by atoms with Gasteiger partial charge in [-0.3, -0.25) is 0 Å². The van der Waals surface area contributed by atoms with Crippen molar-refractivity contribution < 1.29 is 4.79 Å². The Morgan fingerprint density at radius 3 is 2.21 bits per heavy atom. The first kappa shape index (κ1) is 12.1. The van der Waals surface area contributed by atoms with Crippen LogP contribution in [0.15, 0.2) is 65.6 Å². The molecule has 3 heteroatoms. The van der Waals surface area contributed by atoms with Gasteiger partial charge >= 0.3 is 117 Å². The summed E-state index contributed by atoms with van der Waals surface area (Å²) in [6, 6.07) is 19.3. The second-order valence-corrected chi connectivity index (χ2v) is 5.90. The second kappa shape index (κ2) is 5.35. The van der Waals surface area contributed by atoms with Gasteiger partial charge in [-0.1, -0.05) is 0 Å². The number of carbonyl (C=O) groups excluding carboxylic acids is 1. The van der Waals surface area contributed by atoms with E-state index in [2.05, 4.69) is 9.92 Å². The van der Waals surface area contributed by atoms with Crippen molar-refractivity contribution in [1.82, 2.24) is 4.98 Å². The molecule has 0 aliphatic heterocycles. The van der Waals surface area contributed by atoms with Gasteiger partial charge in [0.25, 0.3) is 0 Å². The van der Waals surface area contributed by atoms with Gasteiger partial charge < -0.3 is 0 Å². The molecule has 1 heterocycles. The molecule has 0 aliphatic carbocycles. The fourth-order valence-corrected chi connectivity index (χ4v) is 3.49. The molecule has 3 aromatic rings. The molecule has 19 heavy (non-hydrogen) atoms. The van der Waals surface area contributed by atoms with Gasteiger partial charge in [0.2, 0.25) is 0 Å². The molecule has 2 nitrogen and oxygen atoms in total. The molecular weight excluding hydrogens is 301 g/mol. The van der Waals surface area contributed by atoms with Crippen LogP contribution in [0.3, 0.4) is 0 Å². The molecule has 0 saturated heterocycles. The van der Waals surface area contributed by atoms with Gasteiger partial charge in [-0.05, 0) is 0 Å². The van der Waals surface area contributed by atoms with Crippen LogP contribution >= 0.6 is 0 Å². The van der Waals surface area contributed by atoms with E-state index < -0.39 is 0 Å². The number of hydrogen-bond donors (Lipinski definition) is 0. The molecular formula is C16H11NOSe. The molecule has 0 saturated carbocycles. The average Bonchev–Trinajstić information content (AvgIpc) is 2.98. The van der Waals surface area contributed by atoms with E-state index in [0.717, 1.165) is 11.3 Å². The van der Waals surface area contributed by atoms with E-state index >= 15 is 0 Å². The maximum atomic E-state index is 12.3. The standard InChI is InChI=1S/C16H11NOSe/c18-15(13-9-5-2-6-10-13)16-17-14(11-19-16)12-7-3-1-4-8-12/h1-11H. The topological polar surface area (TPSA) is 30.0 Å². The van der Waals surface area contributed by atoms with Crippen molar-refractivity contribution in [3.05, 3.63) is 75.7 Å².